The minimum absolute atomic E-state index is 0.596. The van der Waals surface area contributed by atoms with E-state index in [0.29, 0.717) is 6.61 Å². The predicted molar refractivity (Wildman–Crippen MR) is 116 cm³/mol. The van der Waals surface area contributed by atoms with Gasteiger partial charge < -0.3 is 14.6 Å². The molecule has 0 aliphatic rings. The van der Waals surface area contributed by atoms with Gasteiger partial charge in [0.15, 0.2) is 0 Å². The second kappa shape index (κ2) is 9.25. The molecule has 28 heavy (non-hydrogen) atoms. The van der Waals surface area contributed by atoms with Gasteiger partial charge in [0.05, 0.1) is 0 Å². The molecule has 3 nitrogen and oxygen atoms in total. The Morgan fingerprint density at radius 3 is 2.29 bits per heavy atom. The Morgan fingerprint density at radius 1 is 0.750 bits per heavy atom. The lowest BCUT2D eigenvalue weighted by Gasteiger charge is -2.09. The molecule has 1 N–H and O–H groups in total. The van der Waals surface area contributed by atoms with Crippen LogP contribution in [0, 0.1) is 0 Å². The number of hydrogen-bond donors (Lipinski definition) is 1. The molecule has 1 heterocycles. The average Bonchev–Trinajstić information content (AvgIpc) is 3.16. The molecular weight excluding hydrogens is 344 g/mol. The van der Waals surface area contributed by atoms with Gasteiger partial charge in [0.25, 0.3) is 0 Å². The van der Waals surface area contributed by atoms with Gasteiger partial charge in [-0.3, -0.25) is 0 Å². The van der Waals surface area contributed by atoms with E-state index < -0.39 is 0 Å². The number of hydrogen-bond acceptors (Lipinski definition) is 2. The lowest BCUT2D eigenvalue weighted by Crippen LogP contribution is -2.22. The molecule has 0 fully saturated rings. The van der Waals surface area contributed by atoms with E-state index in [4.69, 9.17) is 4.74 Å². The number of benzene rings is 3. The predicted octanol–water partition coefficient (Wildman–Crippen LogP) is 5.05. The summed E-state index contributed by atoms with van der Waals surface area (Å²) in [5.41, 5.74) is 3.81. The summed E-state index contributed by atoms with van der Waals surface area (Å²) in [5.74, 6) is 0.912. The Balaban J connectivity index is 1.28. The molecule has 142 valence electrons. The smallest absolute Gasteiger partial charge is 0.120 e. The molecule has 0 aliphatic heterocycles. The molecule has 4 rings (SSSR count). The first kappa shape index (κ1) is 18.3. The number of nitrogens with zero attached hydrogens (tertiary/aromatic N) is 1. The van der Waals surface area contributed by atoms with Gasteiger partial charge in [-0.25, -0.2) is 0 Å². The highest BCUT2D eigenvalue weighted by Gasteiger charge is 2.03. The SMILES string of the molecule is c1ccc(CCNCCn2ccc3cc(OCc4ccccc4)ccc32)cc1. The molecule has 0 aliphatic carbocycles. The van der Waals surface area contributed by atoms with Crippen LogP contribution in [0.3, 0.4) is 0 Å². The number of aromatic nitrogens is 1. The second-order valence-electron chi connectivity index (χ2n) is 6.99. The standard InChI is InChI=1S/C25H26N2O/c1-3-7-21(8-4-1)13-15-26-16-18-27-17-14-23-19-24(11-12-25(23)27)28-20-22-9-5-2-6-10-22/h1-12,14,17,19,26H,13,15-16,18,20H2. The van der Waals surface area contributed by atoms with Gasteiger partial charge in [0.2, 0.25) is 0 Å². The van der Waals surface area contributed by atoms with Crippen molar-refractivity contribution in [2.24, 2.45) is 0 Å². The molecule has 3 aromatic carbocycles. The third-order valence-electron chi connectivity index (χ3n) is 4.95. The molecule has 4 aromatic rings. The Labute approximate surface area is 166 Å². The summed E-state index contributed by atoms with van der Waals surface area (Å²) in [5, 5.41) is 4.76. The second-order valence-corrected chi connectivity index (χ2v) is 6.99. The van der Waals surface area contributed by atoms with Crippen LogP contribution in [-0.4, -0.2) is 17.7 Å². The quantitative estimate of drug-likeness (QED) is 0.417. The van der Waals surface area contributed by atoms with Crippen LogP contribution in [0.2, 0.25) is 0 Å². The normalized spacial score (nSPS) is 11.0. The van der Waals surface area contributed by atoms with Crippen molar-refractivity contribution in [3.63, 3.8) is 0 Å². The summed E-state index contributed by atoms with van der Waals surface area (Å²) in [6, 6.07) is 29.4. The number of nitrogens with one attached hydrogen (secondary N) is 1. The van der Waals surface area contributed by atoms with Crippen molar-refractivity contribution in [2.45, 2.75) is 19.6 Å². The first-order chi connectivity index (χ1) is 13.9. The lowest BCUT2D eigenvalue weighted by molar-refractivity contribution is 0.306. The highest BCUT2D eigenvalue weighted by molar-refractivity contribution is 5.81. The molecule has 0 saturated heterocycles. The van der Waals surface area contributed by atoms with Crippen LogP contribution in [0.1, 0.15) is 11.1 Å². The Bertz CT molecular complexity index is 993. The highest BCUT2D eigenvalue weighted by Crippen LogP contribution is 2.22. The minimum Gasteiger partial charge on any atom is -0.489 e. The van der Waals surface area contributed by atoms with Gasteiger partial charge in [0.1, 0.15) is 12.4 Å². The summed E-state index contributed by atoms with van der Waals surface area (Å²) < 4.78 is 8.24. The zero-order valence-corrected chi connectivity index (χ0v) is 16.1. The van der Waals surface area contributed by atoms with Crippen molar-refractivity contribution in [2.75, 3.05) is 13.1 Å². The van der Waals surface area contributed by atoms with E-state index in [2.05, 4.69) is 82.8 Å². The minimum atomic E-state index is 0.596. The van der Waals surface area contributed by atoms with Crippen LogP contribution >= 0.6 is 0 Å². The maximum atomic E-state index is 5.94. The topological polar surface area (TPSA) is 26.2 Å². The monoisotopic (exact) mass is 370 g/mol. The zero-order valence-electron chi connectivity index (χ0n) is 16.1. The molecule has 0 radical (unpaired) electrons. The van der Waals surface area contributed by atoms with Crippen molar-refractivity contribution in [1.82, 2.24) is 9.88 Å². The van der Waals surface area contributed by atoms with E-state index in [1.165, 1.54) is 22.0 Å². The third kappa shape index (κ3) is 4.81. The van der Waals surface area contributed by atoms with Gasteiger partial charge in [-0.1, -0.05) is 60.7 Å². The summed E-state index contributed by atoms with van der Waals surface area (Å²) in [7, 11) is 0. The summed E-state index contributed by atoms with van der Waals surface area (Å²) >= 11 is 0. The zero-order chi connectivity index (χ0) is 19.0. The molecule has 0 bridgehead atoms. The fraction of sp³-hybridized carbons (Fsp3) is 0.200. The molecule has 0 atom stereocenters. The summed E-state index contributed by atoms with van der Waals surface area (Å²) in [6.07, 6.45) is 3.22. The Hall–Kier alpha value is -3.04. The van der Waals surface area contributed by atoms with Crippen molar-refractivity contribution < 1.29 is 4.74 Å². The van der Waals surface area contributed by atoms with E-state index in [1.807, 2.05) is 18.2 Å². The van der Waals surface area contributed by atoms with Gasteiger partial charge >= 0.3 is 0 Å². The fourth-order valence-corrected chi connectivity index (χ4v) is 3.41. The maximum absolute atomic E-state index is 5.94. The van der Waals surface area contributed by atoms with Gasteiger partial charge in [-0.05, 0) is 48.4 Å². The first-order valence-electron chi connectivity index (χ1n) is 9.89. The van der Waals surface area contributed by atoms with Crippen LogP contribution in [0.15, 0.2) is 91.1 Å². The Morgan fingerprint density at radius 2 is 1.50 bits per heavy atom. The summed E-state index contributed by atoms with van der Waals surface area (Å²) in [6.45, 7) is 3.52. The van der Waals surface area contributed by atoms with E-state index in [9.17, 15) is 0 Å². The van der Waals surface area contributed by atoms with Crippen molar-refractivity contribution in [1.29, 1.82) is 0 Å². The van der Waals surface area contributed by atoms with Crippen LogP contribution in [0.5, 0.6) is 5.75 Å². The molecular formula is C25H26N2O. The van der Waals surface area contributed by atoms with Crippen LogP contribution in [0.25, 0.3) is 10.9 Å². The molecule has 0 spiro atoms. The van der Waals surface area contributed by atoms with E-state index in [-0.39, 0.29) is 0 Å². The third-order valence-corrected chi connectivity index (χ3v) is 4.95. The van der Waals surface area contributed by atoms with Gasteiger partial charge in [-0.15, -0.1) is 0 Å². The summed E-state index contributed by atoms with van der Waals surface area (Å²) in [4.78, 5) is 0. The lowest BCUT2D eigenvalue weighted by atomic mass is 10.1. The van der Waals surface area contributed by atoms with Gasteiger partial charge in [-0.2, -0.15) is 0 Å². The number of ether oxygens (including phenoxy) is 1. The number of rotatable bonds is 9. The van der Waals surface area contributed by atoms with Crippen molar-refractivity contribution in [3.05, 3.63) is 102 Å². The molecule has 0 amide bonds. The van der Waals surface area contributed by atoms with Crippen LogP contribution in [0.4, 0.5) is 0 Å². The van der Waals surface area contributed by atoms with Crippen LogP contribution in [-0.2, 0) is 19.6 Å². The van der Waals surface area contributed by atoms with E-state index in [1.54, 1.807) is 0 Å². The van der Waals surface area contributed by atoms with Crippen molar-refractivity contribution >= 4 is 10.9 Å². The largest absolute Gasteiger partial charge is 0.489 e. The molecule has 0 saturated carbocycles. The van der Waals surface area contributed by atoms with E-state index in [0.717, 1.165) is 31.8 Å². The molecule has 3 heteroatoms. The number of fused-ring (bicyclic) bond motifs is 1. The fourth-order valence-electron chi connectivity index (χ4n) is 3.41. The van der Waals surface area contributed by atoms with Gasteiger partial charge in [0, 0.05) is 30.2 Å². The molecule has 0 unspecified atom stereocenters. The van der Waals surface area contributed by atoms with Crippen LogP contribution < -0.4 is 10.1 Å². The highest BCUT2D eigenvalue weighted by atomic mass is 16.5. The van der Waals surface area contributed by atoms with E-state index >= 15 is 0 Å². The first-order valence-corrected chi connectivity index (χ1v) is 9.89. The Kier molecular flexibility index (Phi) is 6.05. The average molecular weight is 370 g/mol. The van der Waals surface area contributed by atoms with Crippen molar-refractivity contribution in [3.8, 4) is 5.75 Å². The maximum Gasteiger partial charge on any atom is 0.120 e. The molecule has 1 aromatic heterocycles.